The first kappa shape index (κ1) is 48.7. The van der Waals surface area contributed by atoms with E-state index in [4.69, 9.17) is 33.2 Å². The number of rotatable bonds is 25. The van der Waals surface area contributed by atoms with Crippen LogP contribution < -0.4 is 14.2 Å². The zero-order chi connectivity index (χ0) is 46.0. The van der Waals surface area contributed by atoms with Crippen LogP contribution in [-0.2, 0) is 49.0 Å². The number of carbonyl (C=O) groups is 4. The predicted molar refractivity (Wildman–Crippen MR) is 235 cm³/mol. The molecule has 0 aliphatic carbocycles. The summed E-state index contributed by atoms with van der Waals surface area (Å²) in [5.74, 6) is -1.05. The molecule has 3 atom stereocenters. The highest BCUT2D eigenvalue weighted by Crippen LogP contribution is 2.41. The standard InChI is InChI=1S/C50H54O13/c1-8-45(53)60-30-39(51)28-57-41-24-18-37(19-25-41)50(7,38-20-26-42(27-21-38)58-29-40(52)31-61-46(54)9-2)36-14-12-34(13-15-36)49(5,6)35-16-22-43(23-17-35)59-32-44(63-48(56)11-4)33-62-47(55)10-3/h8-27,39-40,44,51-52H,1-4,28-33H2,5-7H3. The van der Waals surface area contributed by atoms with Crippen LogP contribution in [0.3, 0.4) is 0 Å². The summed E-state index contributed by atoms with van der Waals surface area (Å²) in [7, 11) is 0. The Labute approximate surface area is 367 Å². The van der Waals surface area contributed by atoms with Gasteiger partial charge in [0.15, 0.2) is 6.10 Å². The fourth-order valence-electron chi connectivity index (χ4n) is 6.33. The van der Waals surface area contributed by atoms with E-state index in [9.17, 15) is 29.4 Å². The SMILES string of the molecule is C=CC(=O)OCC(O)COc1ccc(C(C)(c2ccc(OCC(O)COC(=O)C=C)cc2)c2ccc(C(C)(C)c3ccc(OCC(COC(=O)C=C)OC(=O)C=C)cc3)cc2)cc1. The molecule has 4 rings (SSSR count). The lowest BCUT2D eigenvalue weighted by atomic mass is 9.70. The molecule has 13 nitrogen and oxygen atoms in total. The Hall–Kier alpha value is -6.96. The minimum atomic E-state index is -1.03. The van der Waals surface area contributed by atoms with Gasteiger partial charge in [-0.2, -0.15) is 0 Å². The van der Waals surface area contributed by atoms with E-state index >= 15 is 0 Å². The molecule has 63 heavy (non-hydrogen) atoms. The molecule has 0 saturated carbocycles. The summed E-state index contributed by atoms with van der Waals surface area (Å²) in [4.78, 5) is 46.2. The fraction of sp³-hybridized carbons (Fsp3) is 0.280. The summed E-state index contributed by atoms with van der Waals surface area (Å²) in [5.41, 5.74) is 3.78. The maximum absolute atomic E-state index is 11.8. The van der Waals surface area contributed by atoms with Crippen molar-refractivity contribution in [2.45, 2.75) is 49.9 Å². The van der Waals surface area contributed by atoms with Gasteiger partial charge in [-0.05, 0) is 71.1 Å². The second kappa shape index (κ2) is 23.3. The smallest absolute Gasteiger partial charge is 0.330 e. The molecule has 0 aliphatic heterocycles. The second-order valence-electron chi connectivity index (χ2n) is 14.9. The first-order valence-electron chi connectivity index (χ1n) is 20.0. The van der Waals surface area contributed by atoms with Gasteiger partial charge in [0.1, 0.15) is 69.1 Å². The minimum Gasteiger partial charge on any atom is -0.491 e. The topological polar surface area (TPSA) is 173 Å². The van der Waals surface area contributed by atoms with E-state index in [0.717, 1.165) is 52.1 Å². The molecule has 4 aromatic carbocycles. The van der Waals surface area contributed by atoms with E-state index in [1.54, 1.807) is 0 Å². The Morgan fingerprint density at radius 2 is 0.762 bits per heavy atom. The summed E-state index contributed by atoms with van der Waals surface area (Å²) in [6.07, 6.45) is 1.15. The molecule has 0 heterocycles. The van der Waals surface area contributed by atoms with Gasteiger partial charge in [0.05, 0.1) is 0 Å². The van der Waals surface area contributed by atoms with Gasteiger partial charge in [0.2, 0.25) is 0 Å². The van der Waals surface area contributed by atoms with E-state index in [2.05, 4.69) is 71.4 Å². The average molecular weight is 863 g/mol. The van der Waals surface area contributed by atoms with Crippen molar-refractivity contribution < 1.29 is 62.5 Å². The number of aliphatic hydroxyl groups is 2. The molecule has 13 heteroatoms. The van der Waals surface area contributed by atoms with Gasteiger partial charge in [-0.15, -0.1) is 0 Å². The van der Waals surface area contributed by atoms with Gasteiger partial charge in [-0.3, -0.25) is 0 Å². The molecular weight excluding hydrogens is 809 g/mol. The molecule has 3 unspecified atom stereocenters. The van der Waals surface area contributed by atoms with Gasteiger partial charge in [0.25, 0.3) is 0 Å². The molecule has 0 spiro atoms. The van der Waals surface area contributed by atoms with Gasteiger partial charge in [0, 0.05) is 35.1 Å². The summed E-state index contributed by atoms with van der Waals surface area (Å²) in [6, 6.07) is 31.0. The lowest BCUT2D eigenvalue weighted by molar-refractivity contribution is -0.154. The van der Waals surface area contributed by atoms with Crippen LogP contribution in [0.2, 0.25) is 0 Å². The van der Waals surface area contributed by atoms with Crippen molar-refractivity contribution in [1.29, 1.82) is 0 Å². The predicted octanol–water partition coefficient (Wildman–Crippen LogP) is 6.51. The lowest BCUT2D eigenvalue weighted by Gasteiger charge is -2.33. The molecule has 0 aliphatic rings. The Balaban J connectivity index is 1.56. The van der Waals surface area contributed by atoms with Crippen LogP contribution in [0.25, 0.3) is 0 Å². The molecule has 0 saturated heterocycles. The molecule has 2 N–H and O–H groups in total. The van der Waals surface area contributed by atoms with E-state index in [0.29, 0.717) is 17.2 Å². The van der Waals surface area contributed by atoms with Crippen molar-refractivity contribution in [2.75, 3.05) is 39.6 Å². The monoisotopic (exact) mass is 862 g/mol. The number of hydrogen-bond donors (Lipinski definition) is 2. The van der Waals surface area contributed by atoms with Gasteiger partial charge >= 0.3 is 23.9 Å². The Morgan fingerprint density at radius 1 is 0.460 bits per heavy atom. The van der Waals surface area contributed by atoms with Crippen molar-refractivity contribution >= 4 is 23.9 Å². The van der Waals surface area contributed by atoms with Crippen LogP contribution >= 0.6 is 0 Å². The summed E-state index contributed by atoms with van der Waals surface area (Å²) in [6.45, 7) is 18.9. The zero-order valence-electron chi connectivity index (χ0n) is 35.7. The summed E-state index contributed by atoms with van der Waals surface area (Å²) < 4.78 is 37.6. The van der Waals surface area contributed by atoms with Crippen molar-refractivity contribution in [2.24, 2.45) is 0 Å². The van der Waals surface area contributed by atoms with E-state index in [1.807, 2.05) is 72.8 Å². The maximum Gasteiger partial charge on any atom is 0.330 e. The van der Waals surface area contributed by atoms with Crippen LogP contribution in [0, 0.1) is 0 Å². The van der Waals surface area contributed by atoms with Crippen LogP contribution in [0.5, 0.6) is 17.2 Å². The highest BCUT2D eigenvalue weighted by atomic mass is 16.6. The molecule has 0 radical (unpaired) electrons. The van der Waals surface area contributed by atoms with Crippen LogP contribution in [0.4, 0.5) is 0 Å². The number of benzene rings is 4. The normalized spacial score (nSPS) is 13.3. The Bertz CT molecular complexity index is 2100. The third-order valence-corrected chi connectivity index (χ3v) is 10.1. The molecule has 0 amide bonds. The zero-order valence-corrected chi connectivity index (χ0v) is 35.7. The number of carbonyl (C=O) groups excluding carboxylic acids is 4. The minimum absolute atomic E-state index is 0.0607. The Morgan fingerprint density at radius 3 is 1.13 bits per heavy atom. The summed E-state index contributed by atoms with van der Waals surface area (Å²) in [5, 5.41) is 20.5. The number of esters is 4. The number of hydrogen-bond acceptors (Lipinski definition) is 13. The van der Waals surface area contributed by atoms with Crippen molar-refractivity contribution in [3.63, 3.8) is 0 Å². The maximum atomic E-state index is 11.8. The molecule has 0 aromatic heterocycles. The molecule has 0 bridgehead atoms. The number of aliphatic hydroxyl groups excluding tert-OH is 2. The van der Waals surface area contributed by atoms with Crippen molar-refractivity contribution in [3.05, 3.63) is 175 Å². The average Bonchev–Trinajstić information content (AvgIpc) is 3.31. The molecule has 4 aromatic rings. The van der Waals surface area contributed by atoms with E-state index in [-0.39, 0.29) is 39.6 Å². The van der Waals surface area contributed by atoms with Crippen LogP contribution in [0.15, 0.2) is 148 Å². The van der Waals surface area contributed by atoms with Crippen LogP contribution in [0.1, 0.15) is 48.6 Å². The highest BCUT2D eigenvalue weighted by Gasteiger charge is 2.33. The Kier molecular flexibility index (Phi) is 18.0. The second-order valence-corrected chi connectivity index (χ2v) is 14.9. The number of ether oxygens (including phenoxy) is 7. The molecular formula is C50H54O13. The van der Waals surface area contributed by atoms with Crippen molar-refractivity contribution in [3.8, 4) is 17.2 Å². The van der Waals surface area contributed by atoms with Gasteiger partial charge in [-0.25, -0.2) is 19.2 Å². The fourth-order valence-corrected chi connectivity index (χ4v) is 6.33. The van der Waals surface area contributed by atoms with Gasteiger partial charge < -0.3 is 43.4 Å². The first-order chi connectivity index (χ1) is 30.1. The third-order valence-electron chi connectivity index (χ3n) is 10.1. The van der Waals surface area contributed by atoms with E-state index < -0.39 is 53.0 Å². The van der Waals surface area contributed by atoms with E-state index in [1.165, 1.54) is 0 Å². The highest BCUT2D eigenvalue weighted by molar-refractivity contribution is 5.82. The molecule has 332 valence electrons. The third kappa shape index (κ3) is 14.0. The van der Waals surface area contributed by atoms with Crippen LogP contribution in [-0.4, -0.2) is 92.0 Å². The summed E-state index contributed by atoms with van der Waals surface area (Å²) >= 11 is 0. The quantitative estimate of drug-likeness (QED) is 0.0320. The lowest BCUT2D eigenvalue weighted by Crippen LogP contribution is -2.30. The molecule has 0 fully saturated rings. The van der Waals surface area contributed by atoms with Gasteiger partial charge in [-0.1, -0.05) is 101 Å². The first-order valence-corrected chi connectivity index (χ1v) is 20.0. The van der Waals surface area contributed by atoms with Crippen molar-refractivity contribution in [1.82, 2.24) is 0 Å². The largest absolute Gasteiger partial charge is 0.491 e.